The molecule has 0 aliphatic carbocycles. The largest absolute Gasteiger partial charge is 0.312 e. The lowest BCUT2D eigenvalue weighted by Crippen LogP contribution is -2.48. The van der Waals surface area contributed by atoms with Crippen molar-refractivity contribution < 1.29 is 0 Å². The minimum Gasteiger partial charge on any atom is -0.312 e. The maximum atomic E-state index is 4.11. The molecule has 2 heterocycles. The van der Waals surface area contributed by atoms with E-state index in [4.69, 9.17) is 0 Å². The van der Waals surface area contributed by atoms with Crippen molar-refractivity contribution in [2.75, 3.05) is 19.6 Å². The summed E-state index contributed by atoms with van der Waals surface area (Å²) in [5, 5.41) is 11.9. The van der Waals surface area contributed by atoms with Crippen LogP contribution in [0.3, 0.4) is 0 Å². The molecule has 0 bridgehead atoms. The number of fused-ring (bicyclic) bond motifs is 1. The second-order valence-electron chi connectivity index (χ2n) is 4.84. The zero-order valence-corrected chi connectivity index (χ0v) is 10.1. The molecule has 3 rings (SSSR count). The van der Waals surface area contributed by atoms with E-state index in [0.29, 0.717) is 6.04 Å². The Morgan fingerprint density at radius 1 is 1.47 bits per heavy atom. The van der Waals surface area contributed by atoms with Gasteiger partial charge in [0.15, 0.2) is 0 Å². The number of nitrogens with one attached hydrogen (secondary N) is 2. The Morgan fingerprint density at radius 2 is 2.41 bits per heavy atom. The van der Waals surface area contributed by atoms with Gasteiger partial charge in [0.2, 0.25) is 0 Å². The number of hydrogen-bond acceptors (Lipinski definition) is 3. The molecule has 2 N–H and O–H groups in total. The number of benzene rings is 1. The Kier molecular flexibility index (Phi) is 2.82. The second-order valence-corrected chi connectivity index (χ2v) is 4.84. The third kappa shape index (κ3) is 2.18. The summed E-state index contributed by atoms with van der Waals surface area (Å²) in [5.74, 6) is 0. The van der Waals surface area contributed by atoms with E-state index in [0.717, 1.165) is 26.2 Å². The van der Waals surface area contributed by atoms with Crippen LogP contribution in [0.5, 0.6) is 0 Å². The highest BCUT2D eigenvalue weighted by Gasteiger charge is 2.16. The van der Waals surface area contributed by atoms with Gasteiger partial charge in [0.25, 0.3) is 0 Å². The van der Waals surface area contributed by atoms with E-state index in [1.165, 1.54) is 16.5 Å². The van der Waals surface area contributed by atoms with Gasteiger partial charge in [-0.1, -0.05) is 18.2 Å². The van der Waals surface area contributed by atoms with Crippen LogP contribution in [0, 0.1) is 0 Å². The van der Waals surface area contributed by atoms with E-state index in [1.807, 2.05) is 6.20 Å². The number of aromatic amines is 1. The highest BCUT2D eigenvalue weighted by Crippen LogP contribution is 2.17. The lowest BCUT2D eigenvalue weighted by molar-refractivity contribution is 0.200. The fourth-order valence-electron chi connectivity index (χ4n) is 2.56. The quantitative estimate of drug-likeness (QED) is 0.818. The molecule has 1 aliphatic rings. The molecule has 0 saturated carbocycles. The predicted octanol–water partition coefficient (Wildman–Crippen LogP) is 1.36. The molecule has 0 unspecified atom stereocenters. The summed E-state index contributed by atoms with van der Waals surface area (Å²) < 4.78 is 0. The van der Waals surface area contributed by atoms with Crippen molar-refractivity contribution in [1.29, 1.82) is 0 Å². The molecular formula is C13H18N4. The number of aromatic nitrogens is 2. The normalized spacial score (nSPS) is 22.1. The van der Waals surface area contributed by atoms with Crippen molar-refractivity contribution in [1.82, 2.24) is 20.4 Å². The summed E-state index contributed by atoms with van der Waals surface area (Å²) in [6, 6.07) is 6.99. The van der Waals surface area contributed by atoms with Crippen molar-refractivity contribution in [3.05, 3.63) is 30.0 Å². The van der Waals surface area contributed by atoms with Crippen molar-refractivity contribution in [3.8, 4) is 0 Å². The Bertz CT molecular complexity index is 505. The number of nitrogens with zero attached hydrogens (tertiary/aromatic N) is 2. The molecule has 4 heteroatoms. The molecule has 0 spiro atoms. The average Bonchev–Trinajstić information content (AvgIpc) is 2.78. The molecule has 1 fully saturated rings. The number of para-hydroxylation sites is 1. The van der Waals surface area contributed by atoms with Crippen LogP contribution in [0.4, 0.5) is 0 Å². The summed E-state index contributed by atoms with van der Waals surface area (Å²) in [6.45, 7) is 6.56. The van der Waals surface area contributed by atoms with Crippen LogP contribution in [-0.4, -0.2) is 40.8 Å². The lowest BCUT2D eigenvalue weighted by atomic mass is 10.1. The molecule has 1 aromatic heterocycles. The number of hydrogen-bond donors (Lipinski definition) is 2. The third-order valence-electron chi connectivity index (χ3n) is 3.41. The van der Waals surface area contributed by atoms with E-state index in [9.17, 15) is 0 Å². The number of piperazine rings is 1. The summed E-state index contributed by atoms with van der Waals surface area (Å²) in [7, 11) is 0. The van der Waals surface area contributed by atoms with Gasteiger partial charge in [-0.25, -0.2) is 0 Å². The summed E-state index contributed by atoms with van der Waals surface area (Å²) in [6.07, 6.45) is 1.89. The minimum atomic E-state index is 0.588. The Hall–Kier alpha value is -1.39. The zero-order chi connectivity index (χ0) is 11.7. The number of H-pyrrole nitrogens is 1. The van der Waals surface area contributed by atoms with Crippen molar-refractivity contribution >= 4 is 10.9 Å². The highest BCUT2D eigenvalue weighted by molar-refractivity contribution is 5.81. The molecule has 90 valence electrons. The third-order valence-corrected chi connectivity index (χ3v) is 3.41. The monoisotopic (exact) mass is 230 g/mol. The second kappa shape index (κ2) is 4.47. The van der Waals surface area contributed by atoms with E-state index in [1.54, 1.807) is 0 Å². The topological polar surface area (TPSA) is 44.0 Å². The van der Waals surface area contributed by atoms with Crippen LogP contribution in [0.1, 0.15) is 12.5 Å². The molecule has 2 aromatic rings. The first-order valence-corrected chi connectivity index (χ1v) is 6.19. The van der Waals surface area contributed by atoms with Crippen molar-refractivity contribution in [2.45, 2.75) is 19.5 Å². The van der Waals surface area contributed by atoms with E-state index >= 15 is 0 Å². The maximum absolute atomic E-state index is 4.11. The van der Waals surface area contributed by atoms with Gasteiger partial charge in [-0.05, 0) is 12.5 Å². The fourth-order valence-corrected chi connectivity index (χ4v) is 2.56. The number of rotatable bonds is 2. The Labute approximate surface area is 101 Å². The molecular weight excluding hydrogens is 212 g/mol. The van der Waals surface area contributed by atoms with Crippen molar-refractivity contribution in [2.24, 2.45) is 0 Å². The van der Waals surface area contributed by atoms with Gasteiger partial charge < -0.3 is 5.32 Å². The smallest absolute Gasteiger partial charge is 0.0695 e. The summed E-state index contributed by atoms with van der Waals surface area (Å²) >= 11 is 0. The van der Waals surface area contributed by atoms with E-state index in [2.05, 4.69) is 45.5 Å². The first kappa shape index (κ1) is 10.7. The summed E-state index contributed by atoms with van der Waals surface area (Å²) in [4.78, 5) is 2.50. The van der Waals surface area contributed by atoms with Gasteiger partial charge in [-0.15, -0.1) is 0 Å². The van der Waals surface area contributed by atoms with Gasteiger partial charge in [0, 0.05) is 37.6 Å². The maximum Gasteiger partial charge on any atom is 0.0695 e. The molecule has 1 atom stereocenters. The molecule has 4 nitrogen and oxygen atoms in total. The van der Waals surface area contributed by atoms with Gasteiger partial charge in [0.1, 0.15) is 0 Å². The minimum absolute atomic E-state index is 0.588. The van der Waals surface area contributed by atoms with Crippen LogP contribution in [0.2, 0.25) is 0 Å². The SMILES string of the molecule is C[C@H]1CN(Cc2cccc3cn[nH]c23)CCN1. The predicted molar refractivity (Wildman–Crippen MR) is 68.8 cm³/mol. The van der Waals surface area contributed by atoms with Gasteiger partial charge >= 0.3 is 0 Å². The molecule has 1 aliphatic heterocycles. The first-order chi connectivity index (χ1) is 8.33. The zero-order valence-electron chi connectivity index (χ0n) is 10.1. The average molecular weight is 230 g/mol. The molecule has 17 heavy (non-hydrogen) atoms. The fraction of sp³-hybridized carbons (Fsp3) is 0.462. The lowest BCUT2D eigenvalue weighted by Gasteiger charge is -2.31. The Balaban J connectivity index is 1.82. The van der Waals surface area contributed by atoms with E-state index < -0.39 is 0 Å². The van der Waals surface area contributed by atoms with Gasteiger partial charge in [0.05, 0.1) is 11.7 Å². The Morgan fingerprint density at radius 3 is 3.29 bits per heavy atom. The molecule has 0 amide bonds. The van der Waals surface area contributed by atoms with Crippen LogP contribution in [0.25, 0.3) is 10.9 Å². The molecule has 1 saturated heterocycles. The first-order valence-electron chi connectivity index (χ1n) is 6.19. The van der Waals surface area contributed by atoms with Gasteiger partial charge in [-0.2, -0.15) is 5.10 Å². The highest BCUT2D eigenvalue weighted by atomic mass is 15.2. The molecule has 0 radical (unpaired) electrons. The molecule has 1 aromatic carbocycles. The van der Waals surface area contributed by atoms with Crippen LogP contribution >= 0.6 is 0 Å². The van der Waals surface area contributed by atoms with Gasteiger partial charge in [-0.3, -0.25) is 10.00 Å². The van der Waals surface area contributed by atoms with Crippen molar-refractivity contribution in [3.63, 3.8) is 0 Å². The van der Waals surface area contributed by atoms with Crippen LogP contribution < -0.4 is 5.32 Å². The summed E-state index contributed by atoms with van der Waals surface area (Å²) in [5.41, 5.74) is 2.52. The standard InChI is InChI=1S/C13H18N4/c1-10-8-17(6-5-14-10)9-12-4-2-3-11-7-15-16-13(11)12/h2-4,7,10,14H,5-6,8-9H2,1H3,(H,15,16)/t10-/m0/s1. The van der Waals surface area contributed by atoms with E-state index in [-0.39, 0.29) is 0 Å². The van der Waals surface area contributed by atoms with Crippen LogP contribution in [-0.2, 0) is 6.54 Å². The van der Waals surface area contributed by atoms with Crippen LogP contribution in [0.15, 0.2) is 24.4 Å².